The van der Waals surface area contributed by atoms with Crippen molar-refractivity contribution in [1.29, 1.82) is 0 Å². The molecule has 0 heterocycles. The Morgan fingerprint density at radius 1 is 0.971 bits per heavy atom. The number of Topliss-reactive ketones (excluding diaryl/α,β-unsaturated/α-hetero) is 1. The minimum absolute atomic E-state index is 0.0797. The topological polar surface area (TPSA) is 119 Å². The van der Waals surface area contributed by atoms with Crippen LogP contribution in [0, 0.1) is 23.7 Å². The Bertz CT molecular complexity index is 1150. The van der Waals surface area contributed by atoms with Crippen molar-refractivity contribution in [2.24, 2.45) is 0 Å². The van der Waals surface area contributed by atoms with Gasteiger partial charge in [0.05, 0.1) is 12.6 Å². The lowest BCUT2D eigenvalue weighted by Crippen LogP contribution is -2.48. The van der Waals surface area contributed by atoms with E-state index in [0.29, 0.717) is 17.8 Å². The van der Waals surface area contributed by atoms with E-state index in [2.05, 4.69) is 34.3 Å². The maximum absolute atomic E-state index is 12.3. The SMILES string of the molecule is CCN(C)CC(=O)Nc1ccc(C#CC#Cc2ccc(C(=O)N[C@H](C(=O)CO)[C@@H](C)O)cc2)cc1. The lowest BCUT2D eigenvalue weighted by Gasteiger charge is -2.19. The van der Waals surface area contributed by atoms with E-state index in [1.165, 1.54) is 6.92 Å². The Morgan fingerprint density at radius 3 is 2.00 bits per heavy atom. The summed E-state index contributed by atoms with van der Waals surface area (Å²) in [5.41, 5.74) is 2.37. The van der Waals surface area contributed by atoms with Crippen molar-refractivity contribution in [3.8, 4) is 23.7 Å². The monoisotopic (exact) mass is 475 g/mol. The Morgan fingerprint density at radius 2 is 1.51 bits per heavy atom. The number of anilines is 1. The zero-order chi connectivity index (χ0) is 25.8. The highest BCUT2D eigenvalue weighted by atomic mass is 16.3. The molecule has 8 heteroatoms. The quantitative estimate of drug-likeness (QED) is 0.402. The molecule has 0 saturated carbocycles. The summed E-state index contributed by atoms with van der Waals surface area (Å²) in [7, 11) is 1.88. The van der Waals surface area contributed by atoms with E-state index < -0.39 is 30.4 Å². The number of ketones is 1. The highest BCUT2D eigenvalue weighted by Gasteiger charge is 2.25. The van der Waals surface area contributed by atoms with E-state index in [9.17, 15) is 19.5 Å². The average Bonchev–Trinajstić information content (AvgIpc) is 2.85. The van der Waals surface area contributed by atoms with Crippen molar-refractivity contribution in [2.45, 2.75) is 26.0 Å². The third kappa shape index (κ3) is 9.07. The molecule has 2 atom stereocenters. The van der Waals surface area contributed by atoms with Crippen LogP contribution in [0.25, 0.3) is 0 Å². The first-order valence-electron chi connectivity index (χ1n) is 11.1. The molecule has 8 nitrogen and oxygen atoms in total. The predicted molar refractivity (Wildman–Crippen MR) is 133 cm³/mol. The standard InChI is InChI=1S/C27H29N3O5/c1-4-30(3)17-25(34)28-23-15-11-21(12-16-23)8-6-5-7-20-9-13-22(14-10-20)27(35)29-26(19(2)32)24(33)18-31/h9-16,19,26,31-32H,4,17-18H2,1-3H3,(H,28,34)(H,29,35)/t19-,26+/m1/s1. The van der Waals surface area contributed by atoms with Crippen molar-refractivity contribution in [1.82, 2.24) is 10.2 Å². The highest BCUT2D eigenvalue weighted by molar-refractivity contribution is 5.98. The molecule has 0 aliphatic heterocycles. The first kappa shape index (κ1) is 27.3. The van der Waals surface area contributed by atoms with Gasteiger partial charge in [0.15, 0.2) is 5.78 Å². The molecule has 0 saturated heterocycles. The molecule has 2 aromatic carbocycles. The van der Waals surface area contributed by atoms with Gasteiger partial charge in [0.2, 0.25) is 5.91 Å². The summed E-state index contributed by atoms with van der Waals surface area (Å²) in [6, 6.07) is 12.3. The normalized spacial score (nSPS) is 11.8. The summed E-state index contributed by atoms with van der Waals surface area (Å²) in [5.74, 6) is 10.0. The first-order valence-corrected chi connectivity index (χ1v) is 11.1. The van der Waals surface area contributed by atoms with Crippen molar-refractivity contribution in [3.05, 3.63) is 65.2 Å². The van der Waals surface area contributed by atoms with Crippen LogP contribution in [0.2, 0.25) is 0 Å². The zero-order valence-corrected chi connectivity index (χ0v) is 20.0. The zero-order valence-electron chi connectivity index (χ0n) is 20.0. The largest absolute Gasteiger partial charge is 0.391 e. The van der Waals surface area contributed by atoms with E-state index >= 15 is 0 Å². The second-order valence-corrected chi connectivity index (χ2v) is 7.85. The molecule has 182 valence electrons. The fourth-order valence-corrected chi connectivity index (χ4v) is 2.90. The second kappa shape index (κ2) is 13.7. The van der Waals surface area contributed by atoms with Crippen LogP contribution >= 0.6 is 0 Å². The molecular weight excluding hydrogens is 446 g/mol. The number of amides is 2. The smallest absolute Gasteiger partial charge is 0.251 e. The van der Waals surface area contributed by atoms with Gasteiger partial charge in [-0.3, -0.25) is 19.3 Å². The number of hydrogen-bond acceptors (Lipinski definition) is 6. The first-order chi connectivity index (χ1) is 16.7. The molecule has 4 N–H and O–H groups in total. The number of aliphatic hydroxyl groups excluding tert-OH is 2. The predicted octanol–water partition coefficient (Wildman–Crippen LogP) is 1.02. The molecule has 0 aromatic heterocycles. The van der Waals surface area contributed by atoms with Crippen molar-refractivity contribution in [3.63, 3.8) is 0 Å². The number of rotatable bonds is 9. The highest BCUT2D eigenvalue weighted by Crippen LogP contribution is 2.09. The van der Waals surface area contributed by atoms with Crippen LogP contribution < -0.4 is 10.6 Å². The lowest BCUT2D eigenvalue weighted by atomic mass is 10.1. The number of hydrogen-bond donors (Lipinski definition) is 4. The summed E-state index contributed by atoms with van der Waals surface area (Å²) >= 11 is 0. The third-order valence-corrected chi connectivity index (χ3v) is 5.02. The van der Waals surface area contributed by atoms with Gasteiger partial charge in [0, 0.05) is 22.4 Å². The summed E-state index contributed by atoms with van der Waals surface area (Å²) in [4.78, 5) is 37.8. The molecule has 0 fully saturated rings. The molecule has 0 aliphatic carbocycles. The number of carbonyl (C=O) groups excluding carboxylic acids is 3. The van der Waals surface area contributed by atoms with Gasteiger partial charge < -0.3 is 20.8 Å². The van der Waals surface area contributed by atoms with E-state index in [1.807, 2.05) is 18.9 Å². The molecule has 0 unspecified atom stereocenters. The van der Waals surface area contributed by atoms with Gasteiger partial charge >= 0.3 is 0 Å². The van der Waals surface area contributed by atoms with Crippen LogP contribution in [-0.4, -0.2) is 71.6 Å². The summed E-state index contributed by atoms with van der Waals surface area (Å²) in [5, 5.41) is 23.9. The van der Waals surface area contributed by atoms with Gasteiger partial charge in [-0.1, -0.05) is 18.8 Å². The number of carbonyl (C=O) groups is 3. The van der Waals surface area contributed by atoms with Crippen LogP contribution in [0.5, 0.6) is 0 Å². The molecule has 35 heavy (non-hydrogen) atoms. The Hall–Kier alpha value is -3.95. The summed E-state index contributed by atoms with van der Waals surface area (Å²) in [6.07, 6.45) is -1.13. The molecular formula is C27H29N3O5. The lowest BCUT2D eigenvalue weighted by molar-refractivity contribution is -0.126. The van der Waals surface area contributed by atoms with Gasteiger partial charge in [-0.15, -0.1) is 0 Å². The maximum Gasteiger partial charge on any atom is 0.251 e. The Balaban J connectivity index is 1.95. The number of benzene rings is 2. The molecule has 0 aliphatic rings. The average molecular weight is 476 g/mol. The van der Waals surface area contributed by atoms with Gasteiger partial charge in [-0.2, -0.15) is 0 Å². The van der Waals surface area contributed by atoms with Gasteiger partial charge in [0.1, 0.15) is 12.6 Å². The van der Waals surface area contributed by atoms with Crippen molar-refractivity contribution in [2.75, 3.05) is 32.1 Å². The number of nitrogens with one attached hydrogen (secondary N) is 2. The van der Waals surface area contributed by atoms with Crippen molar-refractivity contribution >= 4 is 23.3 Å². The van der Waals surface area contributed by atoms with E-state index in [1.54, 1.807) is 48.5 Å². The number of likely N-dealkylation sites (N-methyl/N-ethyl adjacent to an activating group) is 1. The molecule has 2 rings (SSSR count). The van der Waals surface area contributed by atoms with Crippen LogP contribution in [0.1, 0.15) is 35.3 Å². The van der Waals surface area contributed by atoms with E-state index in [4.69, 9.17) is 5.11 Å². The number of nitrogens with zero attached hydrogens (tertiary/aromatic N) is 1. The van der Waals surface area contributed by atoms with Gasteiger partial charge in [-0.25, -0.2) is 0 Å². The fourth-order valence-electron chi connectivity index (χ4n) is 2.90. The van der Waals surface area contributed by atoms with Crippen molar-refractivity contribution < 1.29 is 24.6 Å². The van der Waals surface area contributed by atoms with Crippen LogP contribution in [-0.2, 0) is 9.59 Å². The minimum Gasteiger partial charge on any atom is -0.391 e. The fraction of sp³-hybridized carbons (Fsp3) is 0.296. The van der Waals surface area contributed by atoms with E-state index in [0.717, 1.165) is 12.1 Å². The summed E-state index contributed by atoms with van der Waals surface area (Å²) < 4.78 is 0. The van der Waals surface area contributed by atoms with Crippen LogP contribution in [0.4, 0.5) is 5.69 Å². The Kier molecular flexibility index (Phi) is 10.7. The molecule has 2 aromatic rings. The molecule has 0 radical (unpaired) electrons. The van der Waals surface area contributed by atoms with Crippen LogP contribution in [0.15, 0.2) is 48.5 Å². The van der Waals surface area contributed by atoms with Crippen LogP contribution in [0.3, 0.4) is 0 Å². The van der Waals surface area contributed by atoms with Gasteiger partial charge in [-0.05, 0) is 80.9 Å². The third-order valence-electron chi connectivity index (χ3n) is 5.02. The molecule has 0 bridgehead atoms. The second-order valence-electron chi connectivity index (χ2n) is 7.85. The minimum atomic E-state index is -1.18. The van der Waals surface area contributed by atoms with Gasteiger partial charge in [0.25, 0.3) is 5.91 Å². The summed E-state index contributed by atoms with van der Waals surface area (Å²) in [6.45, 7) is 3.68. The van der Waals surface area contributed by atoms with E-state index in [-0.39, 0.29) is 11.5 Å². The Labute approximate surface area is 205 Å². The molecule has 2 amide bonds. The molecule has 0 spiro atoms. The maximum atomic E-state index is 12.3. The number of aliphatic hydroxyl groups is 2.